The number of methoxy groups -OCH3 is 2. The van der Waals surface area contributed by atoms with Crippen LogP contribution in [0.15, 0.2) is 12.2 Å². The quantitative estimate of drug-likeness (QED) is 0.343. The van der Waals surface area contributed by atoms with Crippen LogP contribution in [-0.4, -0.2) is 26.2 Å². The molecule has 0 fully saturated rings. The molecule has 0 heterocycles. The standard InChI is InChI=1S/C16H22O4/c1-4-5-12-16(14(17)19-2,15(18)20-3)13-10-8-6-7-9-11-13/h8,10,13H,6-7,9,11-12H2,1-3H3. The predicted molar refractivity (Wildman–Crippen MR) is 75.6 cm³/mol. The molecule has 0 N–H and O–H groups in total. The second-order valence-electron chi connectivity index (χ2n) is 4.88. The van der Waals surface area contributed by atoms with E-state index in [2.05, 4.69) is 11.8 Å². The van der Waals surface area contributed by atoms with Crippen molar-refractivity contribution in [1.82, 2.24) is 0 Å². The third kappa shape index (κ3) is 3.22. The van der Waals surface area contributed by atoms with Crippen molar-refractivity contribution < 1.29 is 19.1 Å². The van der Waals surface area contributed by atoms with Gasteiger partial charge in [-0.05, 0) is 26.2 Å². The van der Waals surface area contributed by atoms with E-state index in [1.807, 2.05) is 12.2 Å². The fourth-order valence-corrected chi connectivity index (χ4v) is 2.65. The van der Waals surface area contributed by atoms with Gasteiger partial charge in [0.25, 0.3) is 0 Å². The van der Waals surface area contributed by atoms with Gasteiger partial charge in [-0.1, -0.05) is 18.6 Å². The summed E-state index contributed by atoms with van der Waals surface area (Å²) in [6.07, 6.45) is 7.84. The van der Waals surface area contributed by atoms with Gasteiger partial charge in [-0.3, -0.25) is 9.59 Å². The molecule has 0 aromatic heterocycles. The molecule has 0 aromatic carbocycles. The van der Waals surface area contributed by atoms with Crippen molar-refractivity contribution in [2.45, 2.75) is 39.0 Å². The number of allylic oxidation sites excluding steroid dienone is 2. The van der Waals surface area contributed by atoms with Crippen LogP contribution in [0.5, 0.6) is 0 Å². The van der Waals surface area contributed by atoms with E-state index in [1.165, 1.54) is 14.2 Å². The molecule has 0 radical (unpaired) electrons. The lowest BCUT2D eigenvalue weighted by Crippen LogP contribution is -2.46. The monoisotopic (exact) mass is 278 g/mol. The largest absolute Gasteiger partial charge is 0.468 e. The van der Waals surface area contributed by atoms with Crippen molar-refractivity contribution in [3.8, 4) is 11.8 Å². The first-order chi connectivity index (χ1) is 9.63. The Bertz CT molecular complexity index is 423. The molecule has 4 heteroatoms. The maximum atomic E-state index is 12.3. The second-order valence-corrected chi connectivity index (χ2v) is 4.88. The molecule has 0 saturated heterocycles. The van der Waals surface area contributed by atoms with Gasteiger partial charge >= 0.3 is 11.9 Å². The van der Waals surface area contributed by atoms with E-state index < -0.39 is 17.4 Å². The molecule has 4 nitrogen and oxygen atoms in total. The predicted octanol–water partition coefficient (Wildman–Crippen LogP) is 2.48. The van der Waals surface area contributed by atoms with Crippen molar-refractivity contribution in [2.24, 2.45) is 11.3 Å². The van der Waals surface area contributed by atoms with Crippen LogP contribution in [0, 0.1) is 23.2 Å². The summed E-state index contributed by atoms with van der Waals surface area (Å²) in [6.45, 7) is 1.68. The van der Waals surface area contributed by atoms with E-state index in [0.29, 0.717) is 0 Å². The number of hydrogen-bond donors (Lipinski definition) is 0. The molecule has 1 atom stereocenters. The summed E-state index contributed by atoms with van der Waals surface area (Å²) in [5.74, 6) is 4.23. The number of rotatable bonds is 4. The maximum absolute atomic E-state index is 12.3. The minimum Gasteiger partial charge on any atom is -0.468 e. The molecular weight excluding hydrogens is 256 g/mol. The molecule has 0 amide bonds. The van der Waals surface area contributed by atoms with Crippen LogP contribution in [0.3, 0.4) is 0 Å². The van der Waals surface area contributed by atoms with Crippen molar-refractivity contribution >= 4 is 11.9 Å². The van der Waals surface area contributed by atoms with Crippen LogP contribution >= 0.6 is 0 Å². The third-order valence-corrected chi connectivity index (χ3v) is 3.78. The molecule has 1 unspecified atom stereocenters. The fourth-order valence-electron chi connectivity index (χ4n) is 2.65. The van der Waals surface area contributed by atoms with Gasteiger partial charge in [0.05, 0.1) is 14.2 Å². The minimum atomic E-state index is -1.35. The zero-order valence-corrected chi connectivity index (χ0v) is 12.4. The smallest absolute Gasteiger partial charge is 0.324 e. The third-order valence-electron chi connectivity index (χ3n) is 3.78. The van der Waals surface area contributed by atoms with E-state index in [4.69, 9.17) is 9.47 Å². The van der Waals surface area contributed by atoms with E-state index in [1.54, 1.807) is 6.92 Å². The second kappa shape index (κ2) is 7.74. The van der Waals surface area contributed by atoms with Gasteiger partial charge in [0.1, 0.15) is 0 Å². The van der Waals surface area contributed by atoms with E-state index in [-0.39, 0.29) is 12.3 Å². The maximum Gasteiger partial charge on any atom is 0.324 e. The number of hydrogen-bond acceptors (Lipinski definition) is 4. The Balaban J connectivity index is 3.28. The van der Waals surface area contributed by atoms with E-state index >= 15 is 0 Å². The lowest BCUT2D eigenvalue weighted by molar-refractivity contribution is -0.172. The highest BCUT2D eigenvalue weighted by atomic mass is 16.5. The molecule has 0 aromatic rings. The molecule has 1 aliphatic rings. The SMILES string of the molecule is CC#CCC(C(=O)OC)(C(=O)OC)C1C=CCCCC1. The molecule has 20 heavy (non-hydrogen) atoms. The molecule has 1 rings (SSSR count). The molecule has 0 saturated carbocycles. The Morgan fingerprint density at radius 2 is 1.90 bits per heavy atom. The van der Waals surface area contributed by atoms with Crippen molar-refractivity contribution in [1.29, 1.82) is 0 Å². The van der Waals surface area contributed by atoms with Gasteiger partial charge in [-0.25, -0.2) is 0 Å². The van der Waals surface area contributed by atoms with E-state index in [9.17, 15) is 9.59 Å². The normalized spacial score (nSPS) is 18.4. The fraction of sp³-hybridized carbons (Fsp3) is 0.625. The first-order valence-electron chi connectivity index (χ1n) is 6.86. The van der Waals surface area contributed by atoms with Crippen molar-refractivity contribution in [3.05, 3.63) is 12.2 Å². The summed E-state index contributed by atoms with van der Waals surface area (Å²) >= 11 is 0. The topological polar surface area (TPSA) is 52.6 Å². The first kappa shape index (κ1) is 16.3. The van der Waals surface area contributed by atoms with Crippen LogP contribution < -0.4 is 0 Å². The first-order valence-corrected chi connectivity index (χ1v) is 6.86. The highest BCUT2D eigenvalue weighted by Crippen LogP contribution is 2.40. The van der Waals surface area contributed by atoms with Crippen molar-refractivity contribution in [3.63, 3.8) is 0 Å². The number of carbonyl (C=O) groups is 2. The Morgan fingerprint density at radius 1 is 1.25 bits per heavy atom. The Kier molecular flexibility index (Phi) is 6.30. The van der Waals surface area contributed by atoms with Crippen LogP contribution in [0.4, 0.5) is 0 Å². The van der Waals surface area contributed by atoms with Gasteiger partial charge in [-0.2, -0.15) is 0 Å². The Morgan fingerprint density at radius 3 is 2.45 bits per heavy atom. The van der Waals surface area contributed by atoms with Crippen molar-refractivity contribution in [2.75, 3.05) is 14.2 Å². The van der Waals surface area contributed by atoms with Gasteiger partial charge in [0.2, 0.25) is 0 Å². The zero-order chi connectivity index (χ0) is 15.0. The summed E-state index contributed by atoms with van der Waals surface area (Å²) in [6, 6.07) is 0. The van der Waals surface area contributed by atoms with Crippen LogP contribution in [0.25, 0.3) is 0 Å². The van der Waals surface area contributed by atoms with Gasteiger partial charge in [0, 0.05) is 12.3 Å². The highest BCUT2D eigenvalue weighted by molar-refractivity contribution is 6.01. The lowest BCUT2D eigenvalue weighted by Gasteiger charge is -2.32. The zero-order valence-electron chi connectivity index (χ0n) is 12.4. The Hall–Kier alpha value is -1.76. The average molecular weight is 278 g/mol. The van der Waals surface area contributed by atoms with E-state index in [0.717, 1.165) is 25.7 Å². The average Bonchev–Trinajstić information content (AvgIpc) is 2.76. The summed E-state index contributed by atoms with van der Waals surface area (Å²) in [5, 5.41) is 0. The van der Waals surface area contributed by atoms with Crippen LogP contribution in [-0.2, 0) is 19.1 Å². The molecule has 0 aliphatic heterocycles. The molecular formula is C16H22O4. The summed E-state index contributed by atoms with van der Waals surface area (Å²) in [5.41, 5.74) is -1.35. The number of esters is 2. The lowest BCUT2D eigenvalue weighted by atomic mass is 9.71. The van der Waals surface area contributed by atoms with Crippen LogP contribution in [0.1, 0.15) is 39.0 Å². The van der Waals surface area contributed by atoms with Gasteiger partial charge < -0.3 is 9.47 Å². The number of carbonyl (C=O) groups excluding carboxylic acids is 2. The molecule has 110 valence electrons. The molecule has 0 spiro atoms. The molecule has 1 aliphatic carbocycles. The highest BCUT2D eigenvalue weighted by Gasteiger charge is 2.53. The summed E-state index contributed by atoms with van der Waals surface area (Å²) in [7, 11) is 2.58. The van der Waals surface area contributed by atoms with Gasteiger partial charge in [0.15, 0.2) is 5.41 Å². The molecule has 0 bridgehead atoms. The Labute approximate surface area is 120 Å². The minimum absolute atomic E-state index is 0.123. The van der Waals surface area contributed by atoms with Gasteiger partial charge in [-0.15, -0.1) is 11.8 Å². The summed E-state index contributed by atoms with van der Waals surface area (Å²) in [4.78, 5) is 24.7. The number of ether oxygens (including phenoxy) is 2. The summed E-state index contributed by atoms with van der Waals surface area (Å²) < 4.78 is 9.78. The van der Waals surface area contributed by atoms with Crippen LogP contribution in [0.2, 0.25) is 0 Å².